The summed E-state index contributed by atoms with van der Waals surface area (Å²) in [5.74, 6) is 3.52. The van der Waals surface area contributed by atoms with E-state index in [0.29, 0.717) is 29.3 Å². The number of guanidine groups is 1. The third-order valence-corrected chi connectivity index (χ3v) is 8.27. The van der Waals surface area contributed by atoms with Crippen molar-refractivity contribution in [2.75, 3.05) is 6.54 Å². The smallest absolute Gasteiger partial charge is 0.267 e. The number of hydrogen-bond donors (Lipinski definition) is 3. The summed E-state index contributed by atoms with van der Waals surface area (Å²) in [7, 11) is 1.61. The van der Waals surface area contributed by atoms with E-state index in [9.17, 15) is 14.7 Å². The molecule has 4 fully saturated rings. The minimum absolute atomic E-state index is 0.247. The van der Waals surface area contributed by atoms with Crippen LogP contribution >= 0.6 is 0 Å². The fourth-order valence-corrected chi connectivity index (χ4v) is 7.23. The van der Waals surface area contributed by atoms with E-state index in [-0.39, 0.29) is 17.4 Å². The van der Waals surface area contributed by atoms with Crippen LogP contribution in [-0.2, 0) is 7.05 Å². The normalized spacial score (nSPS) is 33.4. The average molecular weight is 421 g/mol. The predicted octanol–water partition coefficient (Wildman–Crippen LogP) is 2.37. The Morgan fingerprint density at radius 2 is 1.81 bits per heavy atom. The molecular weight excluding hydrogens is 392 g/mol. The molecule has 2 heterocycles. The summed E-state index contributed by atoms with van der Waals surface area (Å²) in [4.78, 5) is 30.3. The van der Waals surface area contributed by atoms with Crippen LogP contribution in [-0.4, -0.2) is 34.1 Å². The Labute approximate surface area is 180 Å². The largest absolute Gasteiger partial charge is 0.506 e. The number of benzene rings is 1. The zero-order chi connectivity index (χ0) is 21.3. The molecule has 1 aromatic carbocycles. The number of pyridine rings is 1. The van der Waals surface area contributed by atoms with Gasteiger partial charge in [-0.1, -0.05) is 12.1 Å². The second-order valence-corrected chi connectivity index (χ2v) is 10.0. The second kappa shape index (κ2) is 6.84. The van der Waals surface area contributed by atoms with Crippen molar-refractivity contribution in [3.05, 3.63) is 40.2 Å². The fourth-order valence-electron chi connectivity index (χ4n) is 7.23. The van der Waals surface area contributed by atoms with Crippen molar-refractivity contribution >= 4 is 22.8 Å². The molecule has 0 spiro atoms. The highest BCUT2D eigenvalue weighted by molar-refractivity contribution is 6.09. The molecule has 1 amide bonds. The van der Waals surface area contributed by atoms with Gasteiger partial charge in [-0.2, -0.15) is 0 Å². The quantitative estimate of drug-likeness (QED) is 0.695. The van der Waals surface area contributed by atoms with E-state index in [1.54, 1.807) is 31.3 Å². The third-order valence-electron chi connectivity index (χ3n) is 8.27. The molecule has 4 bridgehead atoms. The first-order valence-electron chi connectivity index (χ1n) is 11.4. The van der Waals surface area contributed by atoms with Gasteiger partial charge < -0.3 is 15.0 Å². The SMILES string of the molecule is Cn1c(=O)c(C(=O)NC2=NCC(C3C4CC5CC(C4)CC3C5)N2)c(O)c2ccccc21. The zero-order valence-corrected chi connectivity index (χ0v) is 17.7. The number of aliphatic imine (C=N–C) groups is 1. The lowest BCUT2D eigenvalue weighted by molar-refractivity contribution is -0.0469. The summed E-state index contributed by atoms with van der Waals surface area (Å²) in [5.41, 5.74) is -0.187. The van der Waals surface area contributed by atoms with E-state index in [1.165, 1.54) is 36.7 Å². The maximum Gasteiger partial charge on any atom is 0.267 e. The molecule has 7 heteroatoms. The standard InChI is InChI=1S/C24H28N4O3/c1-28-18-5-3-2-4-16(18)21(29)20(23(28)31)22(30)27-24-25-11-17(26-24)19-14-7-12-6-13(9-14)10-15(19)8-12/h2-5,12-15,17,19,29H,6-11H2,1H3,(H2,25,26,27,30). The highest BCUT2D eigenvalue weighted by atomic mass is 16.3. The van der Waals surface area contributed by atoms with Crippen LogP contribution in [0.3, 0.4) is 0 Å². The van der Waals surface area contributed by atoms with E-state index >= 15 is 0 Å². The topological polar surface area (TPSA) is 95.7 Å². The highest BCUT2D eigenvalue weighted by Crippen LogP contribution is 2.57. The number of aryl methyl sites for hydroxylation is 1. The Bertz CT molecular complexity index is 1140. The molecule has 1 unspecified atom stereocenters. The van der Waals surface area contributed by atoms with Gasteiger partial charge in [0.15, 0.2) is 5.96 Å². The first-order valence-corrected chi connectivity index (χ1v) is 11.4. The van der Waals surface area contributed by atoms with Crippen molar-refractivity contribution in [2.24, 2.45) is 41.6 Å². The van der Waals surface area contributed by atoms with Crippen molar-refractivity contribution in [3.63, 3.8) is 0 Å². The van der Waals surface area contributed by atoms with E-state index < -0.39 is 11.5 Å². The molecule has 4 aliphatic carbocycles. The Morgan fingerprint density at radius 3 is 2.52 bits per heavy atom. The highest BCUT2D eigenvalue weighted by Gasteiger charge is 2.51. The van der Waals surface area contributed by atoms with Crippen LogP contribution in [0.15, 0.2) is 34.1 Å². The van der Waals surface area contributed by atoms with Crippen LogP contribution in [0.4, 0.5) is 0 Å². The number of para-hydroxylation sites is 1. The molecule has 1 aromatic heterocycles. The molecule has 0 saturated heterocycles. The number of aromatic nitrogens is 1. The Morgan fingerprint density at radius 1 is 1.13 bits per heavy atom. The van der Waals surface area contributed by atoms with Crippen molar-refractivity contribution in [3.8, 4) is 5.75 Å². The Hall–Kier alpha value is -2.83. The number of hydrogen-bond acceptors (Lipinski definition) is 5. The molecule has 7 nitrogen and oxygen atoms in total. The summed E-state index contributed by atoms with van der Waals surface area (Å²) < 4.78 is 1.39. The summed E-state index contributed by atoms with van der Waals surface area (Å²) in [6.45, 7) is 0.657. The van der Waals surface area contributed by atoms with Gasteiger partial charge in [-0.15, -0.1) is 0 Å². The van der Waals surface area contributed by atoms with Crippen molar-refractivity contribution in [2.45, 2.75) is 38.1 Å². The minimum atomic E-state index is -0.624. The molecule has 31 heavy (non-hydrogen) atoms. The van der Waals surface area contributed by atoms with Gasteiger partial charge in [0.1, 0.15) is 11.3 Å². The minimum Gasteiger partial charge on any atom is -0.506 e. The molecule has 7 rings (SSSR count). The lowest BCUT2D eigenvalue weighted by atomic mass is 9.50. The van der Waals surface area contributed by atoms with Crippen molar-refractivity contribution in [1.82, 2.24) is 15.2 Å². The maximum absolute atomic E-state index is 13.0. The van der Waals surface area contributed by atoms with Gasteiger partial charge in [-0.05, 0) is 73.8 Å². The van der Waals surface area contributed by atoms with Crippen LogP contribution in [0.2, 0.25) is 0 Å². The van der Waals surface area contributed by atoms with Crippen LogP contribution in [0.1, 0.15) is 42.5 Å². The summed E-state index contributed by atoms with van der Waals surface area (Å²) in [5, 5.41) is 17.3. The first-order chi connectivity index (χ1) is 15.0. The Balaban J connectivity index is 1.21. The number of nitrogens with zero attached hydrogens (tertiary/aromatic N) is 2. The monoisotopic (exact) mass is 420 g/mol. The lowest BCUT2D eigenvalue weighted by Gasteiger charge is -2.56. The molecular formula is C24H28N4O3. The van der Waals surface area contributed by atoms with Crippen LogP contribution < -0.4 is 16.2 Å². The molecule has 1 atom stereocenters. The van der Waals surface area contributed by atoms with E-state index in [1.807, 2.05) is 0 Å². The van der Waals surface area contributed by atoms with E-state index in [0.717, 1.165) is 23.7 Å². The number of aromatic hydroxyl groups is 1. The van der Waals surface area contributed by atoms with Crippen LogP contribution in [0, 0.1) is 29.6 Å². The molecule has 2 aromatic rings. The zero-order valence-electron chi connectivity index (χ0n) is 17.7. The number of carbonyl (C=O) groups excluding carboxylic acids is 1. The number of rotatable bonds is 2. The van der Waals surface area contributed by atoms with Gasteiger partial charge in [0, 0.05) is 12.4 Å². The molecule has 0 radical (unpaired) electrons. The van der Waals surface area contributed by atoms with Gasteiger partial charge in [0.2, 0.25) is 0 Å². The predicted molar refractivity (Wildman–Crippen MR) is 118 cm³/mol. The van der Waals surface area contributed by atoms with Crippen molar-refractivity contribution in [1.29, 1.82) is 0 Å². The summed E-state index contributed by atoms with van der Waals surface area (Å²) >= 11 is 0. The van der Waals surface area contributed by atoms with Gasteiger partial charge in [0.05, 0.1) is 18.1 Å². The van der Waals surface area contributed by atoms with Gasteiger partial charge >= 0.3 is 0 Å². The van der Waals surface area contributed by atoms with Crippen molar-refractivity contribution < 1.29 is 9.90 Å². The second-order valence-electron chi connectivity index (χ2n) is 10.0. The molecule has 3 N–H and O–H groups in total. The number of amides is 1. The van der Waals surface area contributed by atoms with Crippen LogP contribution in [0.25, 0.3) is 10.9 Å². The fraction of sp³-hybridized carbons (Fsp3) is 0.542. The maximum atomic E-state index is 13.0. The van der Waals surface area contributed by atoms with Gasteiger partial charge in [0.25, 0.3) is 11.5 Å². The number of fused-ring (bicyclic) bond motifs is 1. The summed E-state index contributed by atoms with van der Waals surface area (Å²) in [6.07, 6.45) is 6.81. The molecule has 5 aliphatic rings. The Kier molecular flexibility index (Phi) is 4.17. The number of nitrogens with one attached hydrogen (secondary N) is 2. The third kappa shape index (κ3) is 2.89. The summed E-state index contributed by atoms with van der Waals surface area (Å²) in [6, 6.07) is 7.26. The first kappa shape index (κ1) is 18.9. The molecule has 1 aliphatic heterocycles. The van der Waals surface area contributed by atoms with Gasteiger partial charge in [-0.3, -0.25) is 19.9 Å². The lowest BCUT2D eigenvalue weighted by Crippen LogP contribution is -2.54. The van der Waals surface area contributed by atoms with Crippen LogP contribution in [0.5, 0.6) is 5.75 Å². The number of carbonyl (C=O) groups is 1. The van der Waals surface area contributed by atoms with E-state index in [2.05, 4.69) is 15.6 Å². The van der Waals surface area contributed by atoms with E-state index in [4.69, 9.17) is 0 Å². The average Bonchev–Trinajstić information content (AvgIpc) is 3.19. The van der Waals surface area contributed by atoms with Gasteiger partial charge in [-0.25, -0.2) is 0 Å². The molecule has 162 valence electrons. The molecule has 4 saturated carbocycles.